The molecule has 0 radical (unpaired) electrons. The number of carbonyl (C=O) groups excluding carboxylic acids is 2. The minimum absolute atomic E-state index is 0.0320. The number of pyridine rings is 2. The van der Waals surface area contributed by atoms with E-state index >= 15 is 0 Å². The fourth-order valence-electron chi connectivity index (χ4n) is 5.34. The number of hydrogen-bond donors (Lipinski definition) is 3. The molecule has 2 aromatic heterocycles. The number of nitrogens with two attached hydrogens (primary N) is 1. The topological polar surface area (TPSA) is 146 Å². The van der Waals surface area contributed by atoms with Gasteiger partial charge in [0.15, 0.2) is 5.60 Å². The van der Waals surface area contributed by atoms with Crippen LogP contribution in [0.5, 0.6) is 0 Å². The minimum Gasteiger partial charge on any atom is -0.458 e. The normalized spacial score (nSPS) is 18.4. The van der Waals surface area contributed by atoms with Crippen molar-refractivity contribution in [3.8, 4) is 11.4 Å². The van der Waals surface area contributed by atoms with Crippen LogP contribution in [0, 0.1) is 12.7 Å². The van der Waals surface area contributed by atoms with Crippen LogP contribution in [-0.2, 0) is 44.2 Å². The van der Waals surface area contributed by atoms with E-state index in [2.05, 4.69) is 5.32 Å². The third-order valence-corrected chi connectivity index (χ3v) is 7.71. The lowest BCUT2D eigenvalue weighted by Crippen LogP contribution is -2.44. The maximum atomic E-state index is 14.6. The van der Waals surface area contributed by atoms with Gasteiger partial charge in [-0.2, -0.15) is 0 Å². The van der Waals surface area contributed by atoms with E-state index in [0.717, 1.165) is 16.5 Å². The van der Waals surface area contributed by atoms with Crippen molar-refractivity contribution in [2.45, 2.75) is 64.9 Å². The average Bonchev–Trinajstić information content (AvgIpc) is 3.28. The van der Waals surface area contributed by atoms with Crippen molar-refractivity contribution in [2.24, 2.45) is 5.73 Å². The number of aromatic nitrogens is 2. The molecule has 206 valence electrons. The number of hydrogen-bond acceptors (Lipinski definition) is 8. The third-order valence-electron chi connectivity index (χ3n) is 7.71. The second kappa shape index (κ2) is 10.1. The van der Waals surface area contributed by atoms with E-state index in [1.54, 1.807) is 30.5 Å². The number of halogens is 1. The van der Waals surface area contributed by atoms with Gasteiger partial charge in [0.2, 0.25) is 5.91 Å². The molecule has 0 saturated carbocycles. The van der Waals surface area contributed by atoms with Crippen LogP contribution in [0.3, 0.4) is 0 Å². The molecule has 2 aliphatic heterocycles. The highest BCUT2D eigenvalue weighted by Gasteiger charge is 2.45. The number of cyclic esters (lactones) is 1. The van der Waals surface area contributed by atoms with Crippen molar-refractivity contribution in [1.82, 2.24) is 14.9 Å². The summed E-state index contributed by atoms with van der Waals surface area (Å²) in [5.41, 5.74) is 7.13. The van der Waals surface area contributed by atoms with Gasteiger partial charge >= 0.3 is 5.97 Å². The standard InChI is InChI=1S/C28H31FN4O6/c1-4-28(37)20-8-23-25-18(11-33(23)26(35)19(20)12-38-27(28)36)16(6-5-15(3)39-13-31-24(34)10-30)17-7-14(2)21(29)9-22(17)32-25/h7-9,15,37H,4-6,10-13,30H2,1-3H3,(H,31,34)/t15-,28-/m0/s1. The van der Waals surface area contributed by atoms with Crippen LogP contribution in [0.2, 0.25) is 0 Å². The molecule has 0 saturated heterocycles. The predicted octanol–water partition coefficient (Wildman–Crippen LogP) is 1.90. The summed E-state index contributed by atoms with van der Waals surface area (Å²) >= 11 is 0. The molecular formula is C28H31FN4O6. The van der Waals surface area contributed by atoms with Gasteiger partial charge < -0.3 is 30.2 Å². The Hall–Kier alpha value is -3.67. The Morgan fingerprint density at radius 3 is 2.82 bits per heavy atom. The van der Waals surface area contributed by atoms with Crippen molar-refractivity contribution >= 4 is 22.8 Å². The Morgan fingerprint density at radius 1 is 1.33 bits per heavy atom. The highest BCUT2D eigenvalue weighted by molar-refractivity contribution is 5.89. The first-order valence-electron chi connectivity index (χ1n) is 13.0. The van der Waals surface area contributed by atoms with Gasteiger partial charge in [0, 0.05) is 22.6 Å². The van der Waals surface area contributed by atoms with Crippen molar-refractivity contribution in [3.05, 3.63) is 62.2 Å². The Morgan fingerprint density at radius 2 is 2.10 bits per heavy atom. The molecule has 4 heterocycles. The highest BCUT2D eigenvalue weighted by Crippen LogP contribution is 2.40. The summed E-state index contributed by atoms with van der Waals surface area (Å²) in [4.78, 5) is 42.2. The van der Waals surface area contributed by atoms with Crippen molar-refractivity contribution in [3.63, 3.8) is 0 Å². The number of ether oxygens (including phenoxy) is 2. The summed E-state index contributed by atoms with van der Waals surface area (Å²) in [6.45, 7) is 5.16. The number of esters is 1. The van der Waals surface area contributed by atoms with Gasteiger partial charge in [-0.15, -0.1) is 0 Å². The number of fused-ring (bicyclic) bond motifs is 5. The fourth-order valence-corrected chi connectivity index (χ4v) is 5.34. The number of nitrogens with one attached hydrogen (secondary N) is 1. The molecule has 0 fully saturated rings. The molecule has 0 aliphatic carbocycles. The second-order valence-electron chi connectivity index (χ2n) is 10.1. The van der Waals surface area contributed by atoms with Gasteiger partial charge in [0.1, 0.15) is 19.2 Å². The molecule has 5 rings (SSSR count). The molecule has 0 spiro atoms. The number of amides is 1. The molecule has 1 aromatic carbocycles. The molecule has 1 amide bonds. The van der Waals surface area contributed by atoms with Gasteiger partial charge in [-0.3, -0.25) is 9.59 Å². The zero-order valence-corrected chi connectivity index (χ0v) is 22.1. The summed E-state index contributed by atoms with van der Waals surface area (Å²) in [7, 11) is 0. The number of rotatable bonds is 8. The summed E-state index contributed by atoms with van der Waals surface area (Å²) in [5, 5.41) is 14.5. The quantitative estimate of drug-likeness (QED) is 0.228. The second-order valence-corrected chi connectivity index (χ2v) is 10.1. The monoisotopic (exact) mass is 538 g/mol. The van der Waals surface area contributed by atoms with Gasteiger partial charge in [-0.1, -0.05) is 6.92 Å². The van der Waals surface area contributed by atoms with Gasteiger partial charge in [-0.05, 0) is 56.4 Å². The van der Waals surface area contributed by atoms with E-state index < -0.39 is 17.4 Å². The summed E-state index contributed by atoms with van der Waals surface area (Å²) in [5.74, 6) is -1.50. The molecule has 3 aromatic rings. The van der Waals surface area contributed by atoms with E-state index in [4.69, 9.17) is 20.2 Å². The highest BCUT2D eigenvalue weighted by atomic mass is 19.1. The van der Waals surface area contributed by atoms with Crippen LogP contribution in [0.25, 0.3) is 22.3 Å². The largest absolute Gasteiger partial charge is 0.458 e. The Kier molecular flexibility index (Phi) is 7.00. The average molecular weight is 539 g/mol. The Bertz CT molecular complexity index is 1570. The number of carbonyl (C=O) groups is 2. The van der Waals surface area contributed by atoms with E-state index in [1.807, 2.05) is 6.92 Å². The summed E-state index contributed by atoms with van der Waals surface area (Å²) < 4.78 is 27.0. The minimum atomic E-state index is -1.93. The van der Waals surface area contributed by atoms with Crippen LogP contribution < -0.4 is 16.6 Å². The van der Waals surface area contributed by atoms with E-state index in [0.29, 0.717) is 35.3 Å². The fraction of sp³-hybridized carbons (Fsp3) is 0.429. The summed E-state index contributed by atoms with van der Waals surface area (Å²) in [6.07, 6.45) is 0.950. The van der Waals surface area contributed by atoms with Crippen LogP contribution in [0.1, 0.15) is 54.5 Å². The molecule has 0 unspecified atom stereocenters. The predicted molar refractivity (Wildman–Crippen MR) is 140 cm³/mol. The van der Waals surface area contributed by atoms with Gasteiger partial charge in [0.25, 0.3) is 5.56 Å². The number of nitrogens with zero attached hydrogens (tertiary/aromatic N) is 2. The van der Waals surface area contributed by atoms with E-state index in [-0.39, 0.29) is 61.5 Å². The van der Waals surface area contributed by atoms with Crippen LogP contribution in [0.15, 0.2) is 23.0 Å². The maximum Gasteiger partial charge on any atom is 0.343 e. The Labute approximate surface area is 223 Å². The molecular weight excluding hydrogens is 507 g/mol. The molecule has 0 bridgehead atoms. The molecule has 2 atom stereocenters. The SMILES string of the molecule is CC[C@@]1(O)C(=O)OCc2c1cc1n(c2=O)Cc2c-1nc1cc(F)c(C)cc1c2CC[C@H](C)OCNC(=O)CN. The number of aliphatic hydroxyl groups is 1. The molecule has 4 N–H and O–H groups in total. The molecule has 2 aliphatic rings. The van der Waals surface area contributed by atoms with Crippen LogP contribution in [-0.4, -0.2) is 45.9 Å². The maximum absolute atomic E-state index is 14.6. The third kappa shape index (κ3) is 4.50. The molecule has 11 heteroatoms. The van der Waals surface area contributed by atoms with Crippen LogP contribution in [0.4, 0.5) is 4.39 Å². The first-order valence-corrected chi connectivity index (χ1v) is 13.0. The zero-order chi connectivity index (χ0) is 28.1. The lowest BCUT2D eigenvalue weighted by molar-refractivity contribution is -0.172. The zero-order valence-electron chi connectivity index (χ0n) is 22.1. The smallest absolute Gasteiger partial charge is 0.343 e. The lowest BCUT2D eigenvalue weighted by Gasteiger charge is -2.31. The van der Waals surface area contributed by atoms with Crippen molar-refractivity contribution < 1.29 is 28.6 Å². The molecule has 39 heavy (non-hydrogen) atoms. The van der Waals surface area contributed by atoms with E-state index in [9.17, 15) is 23.9 Å². The first kappa shape index (κ1) is 26.9. The van der Waals surface area contributed by atoms with E-state index in [1.165, 1.54) is 6.07 Å². The van der Waals surface area contributed by atoms with Crippen LogP contribution >= 0.6 is 0 Å². The van der Waals surface area contributed by atoms with Crippen molar-refractivity contribution in [1.29, 1.82) is 0 Å². The number of benzene rings is 1. The number of aryl methyl sites for hydroxylation is 2. The lowest BCUT2D eigenvalue weighted by atomic mass is 9.86. The summed E-state index contributed by atoms with van der Waals surface area (Å²) in [6, 6.07) is 4.79. The molecule has 10 nitrogen and oxygen atoms in total. The van der Waals surface area contributed by atoms with Gasteiger partial charge in [0.05, 0.1) is 41.7 Å². The van der Waals surface area contributed by atoms with Gasteiger partial charge in [-0.25, -0.2) is 14.2 Å². The Balaban J connectivity index is 1.59. The first-order chi connectivity index (χ1) is 18.6. The van der Waals surface area contributed by atoms with Crippen molar-refractivity contribution in [2.75, 3.05) is 13.3 Å².